The van der Waals surface area contributed by atoms with E-state index in [0.717, 1.165) is 28.8 Å². The van der Waals surface area contributed by atoms with E-state index in [2.05, 4.69) is 38.1 Å². The van der Waals surface area contributed by atoms with Gasteiger partial charge in [-0.3, -0.25) is 0 Å². The summed E-state index contributed by atoms with van der Waals surface area (Å²) in [6, 6.07) is 2.04. The molecule has 1 aromatic heterocycles. The number of halogens is 1. The Kier molecular flexibility index (Phi) is 4.48. The number of nitrogens with one attached hydrogen (secondary N) is 1. The molecule has 0 radical (unpaired) electrons. The molecule has 0 atom stereocenters. The highest BCUT2D eigenvalue weighted by Gasteiger charge is 1.98. The highest BCUT2D eigenvalue weighted by molar-refractivity contribution is 9.10. The maximum Gasteiger partial charge on any atom is 0.128 e. The van der Waals surface area contributed by atoms with Gasteiger partial charge in [-0.25, -0.2) is 4.98 Å². The van der Waals surface area contributed by atoms with Crippen molar-refractivity contribution in [2.45, 2.75) is 20.3 Å². The van der Waals surface area contributed by atoms with E-state index in [1.165, 1.54) is 0 Å². The Labute approximate surface area is 93.3 Å². The third kappa shape index (κ3) is 3.39. The molecule has 0 aliphatic heterocycles. The van der Waals surface area contributed by atoms with Gasteiger partial charge in [0.25, 0.3) is 0 Å². The van der Waals surface area contributed by atoms with Crippen molar-refractivity contribution in [1.29, 1.82) is 0 Å². The summed E-state index contributed by atoms with van der Waals surface area (Å²) in [4.78, 5) is 4.27. The van der Waals surface area contributed by atoms with E-state index in [4.69, 9.17) is 0 Å². The van der Waals surface area contributed by atoms with Crippen LogP contribution in [0.25, 0.3) is 0 Å². The number of hydrogen-bond acceptors (Lipinski definition) is 2. The SMILES string of the molecule is CC#CCCNc1ncc(Br)cc1C. The lowest BCUT2D eigenvalue weighted by molar-refractivity contribution is 1.06. The summed E-state index contributed by atoms with van der Waals surface area (Å²) in [5, 5.41) is 3.24. The standard InChI is InChI=1S/C11H13BrN2/c1-3-4-5-6-13-11-9(2)7-10(12)8-14-11/h7-8H,5-6H2,1-2H3,(H,13,14). The normalized spacial score (nSPS) is 9.07. The maximum atomic E-state index is 4.27. The van der Waals surface area contributed by atoms with Gasteiger partial charge in [-0.1, -0.05) is 0 Å². The summed E-state index contributed by atoms with van der Waals surface area (Å²) >= 11 is 3.38. The van der Waals surface area contributed by atoms with Gasteiger partial charge in [0, 0.05) is 23.6 Å². The van der Waals surface area contributed by atoms with Crippen molar-refractivity contribution < 1.29 is 0 Å². The monoisotopic (exact) mass is 252 g/mol. The van der Waals surface area contributed by atoms with Gasteiger partial charge in [0.05, 0.1) is 0 Å². The van der Waals surface area contributed by atoms with Crippen molar-refractivity contribution >= 4 is 21.7 Å². The molecule has 0 saturated carbocycles. The van der Waals surface area contributed by atoms with Crippen LogP contribution in [0.4, 0.5) is 5.82 Å². The number of hydrogen-bond donors (Lipinski definition) is 1. The average Bonchev–Trinajstić information content (AvgIpc) is 2.15. The Morgan fingerprint density at radius 2 is 2.36 bits per heavy atom. The van der Waals surface area contributed by atoms with Crippen molar-refractivity contribution in [3.05, 3.63) is 22.3 Å². The Morgan fingerprint density at radius 1 is 1.57 bits per heavy atom. The van der Waals surface area contributed by atoms with Gasteiger partial charge in [0.1, 0.15) is 5.82 Å². The number of pyridine rings is 1. The Bertz CT molecular complexity index is 363. The second kappa shape index (κ2) is 5.66. The van der Waals surface area contributed by atoms with Crippen LogP contribution in [0.15, 0.2) is 16.7 Å². The molecule has 0 amide bonds. The zero-order chi connectivity index (χ0) is 10.4. The highest BCUT2D eigenvalue weighted by Crippen LogP contribution is 2.16. The molecule has 14 heavy (non-hydrogen) atoms. The smallest absolute Gasteiger partial charge is 0.128 e. The molecule has 74 valence electrons. The molecule has 0 unspecified atom stereocenters. The quantitative estimate of drug-likeness (QED) is 0.661. The summed E-state index contributed by atoms with van der Waals surface area (Å²) in [7, 11) is 0. The molecule has 0 aliphatic carbocycles. The van der Waals surface area contributed by atoms with E-state index in [9.17, 15) is 0 Å². The van der Waals surface area contributed by atoms with Crippen LogP contribution in [0, 0.1) is 18.8 Å². The molecule has 0 aliphatic rings. The molecule has 0 bridgehead atoms. The zero-order valence-corrected chi connectivity index (χ0v) is 9.98. The Hall–Kier alpha value is -1.01. The van der Waals surface area contributed by atoms with Gasteiger partial charge in [-0.05, 0) is 41.4 Å². The maximum absolute atomic E-state index is 4.27. The molecular weight excluding hydrogens is 240 g/mol. The second-order valence-corrected chi connectivity index (χ2v) is 3.84. The molecule has 0 fully saturated rings. The summed E-state index contributed by atoms with van der Waals surface area (Å²) in [6.45, 7) is 4.73. The topological polar surface area (TPSA) is 24.9 Å². The van der Waals surface area contributed by atoms with E-state index >= 15 is 0 Å². The second-order valence-electron chi connectivity index (χ2n) is 2.92. The summed E-state index contributed by atoms with van der Waals surface area (Å²) in [5.74, 6) is 6.80. The lowest BCUT2D eigenvalue weighted by Gasteiger charge is -2.06. The molecule has 0 saturated heterocycles. The molecule has 2 nitrogen and oxygen atoms in total. The first kappa shape index (κ1) is 11.1. The van der Waals surface area contributed by atoms with Gasteiger partial charge in [-0.15, -0.1) is 11.8 Å². The first-order chi connectivity index (χ1) is 6.74. The van der Waals surface area contributed by atoms with E-state index in [1.54, 1.807) is 6.20 Å². The van der Waals surface area contributed by atoms with Gasteiger partial charge in [-0.2, -0.15) is 0 Å². The lowest BCUT2D eigenvalue weighted by atomic mass is 10.3. The molecule has 1 N–H and O–H groups in total. The average molecular weight is 253 g/mol. The van der Waals surface area contributed by atoms with Gasteiger partial charge in [0.15, 0.2) is 0 Å². The largest absolute Gasteiger partial charge is 0.369 e. The van der Waals surface area contributed by atoms with Crippen LogP contribution < -0.4 is 5.32 Å². The van der Waals surface area contributed by atoms with Gasteiger partial charge < -0.3 is 5.32 Å². The van der Waals surface area contributed by atoms with Crippen molar-refractivity contribution in [2.24, 2.45) is 0 Å². The van der Waals surface area contributed by atoms with E-state index in [0.29, 0.717) is 0 Å². The van der Waals surface area contributed by atoms with Crippen molar-refractivity contribution in [2.75, 3.05) is 11.9 Å². The number of aryl methyl sites for hydroxylation is 1. The van der Waals surface area contributed by atoms with E-state index < -0.39 is 0 Å². The van der Waals surface area contributed by atoms with Crippen molar-refractivity contribution in [3.63, 3.8) is 0 Å². The zero-order valence-electron chi connectivity index (χ0n) is 8.39. The van der Waals surface area contributed by atoms with Crippen molar-refractivity contribution in [3.8, 4) is 11.8 Å². The van der Waals surface area contributed by atoms with Gasteiger partial charge >= 0.3 is 0 Å². The predicted octanol–water partition coefficient (Wildman–Crippen LogP) is 2.98. The van der Waals surface area contributed by atoms with Crippen molar-refractivity contribution in [1.82, 2.24) is 4.98 Å². The van der Waals surface area contributed by atoms with Crippen LogP contribution in [-0.4, -0.2) is 11.5 Å². The fourth-order valence-electron chi connectivity index (χ4n) is 1.09. The molecular formula is C11H13BrN2. The molecule has 1 aromatic rings. The third-order valence-electron chi connectivity index (χ3n) is 1.76. The van der Waals surface area contributed by atoms with Crippen LogP contribution in [0.2, 0.25) is 0 Å². The Morgan fingerprint density at radius 3 is 3.00 bits per heavy atom. The first-order valence-corrected chi connectivity index (χ1v) is 5.29. The Balaban J connectivity index is 2.53. The first-order valence-electron chi connectivity index (χ1n) is 4.49. The summed E-state index contributed by atoms with van der Waals surface area (Å²) < 4.78 is 1.01. The number of anilines is 1. The van der Waals surface area contributed by atoms with Crippen LogP contribution >= 0.6 is 15.9 Å². The summed E-state index contributed by atoms with van der Waals surface area (Å²) in [6.07, 6.45) is 2.65. The van der Waals surface area contributed by atoms with Gasteiger partial charge in [0.2, 0.25) is 0 Å². The fourth-order valence-corrected chi connectivity index (χ4v) is 1.54. The molecule has 3 heteroatoms. The summed E-state index contributed by atoms with van der Waals surface area (Å²) in [5.41, 5.74) is 1.14. The minimum atomic E-state index is 0.844. The molecule has 0 spiro atoms. The lowest BCUT2D eigenvalue weighted by Crippen LogP contribution is -2.03. The van der Waals surface area contributed by atoms with Crippen LogP contribution in [0.5, 0.6) is 0 Å². The number of rotatable bonds is 3. The number of aromatic nitrogens is 1. The molecule has 1 rings (SSSR count). The highest BCUT2D eigenvalue weighted by atomic mass is 79.9. The van der Waals surface area contributed by atoms with E-state index in [-0.39, 0.29) is 0 Å². The van der Waals surface area contributed by atoms with Crippen LogP contribution in [0.1, 0.15) is 18.9 Å². The number of nitrogens with zero attached hydrogens (tertiary/aromatic N) is 1. The fraction of sp³-hybridized carbons (Fsp3) is 0.364. The van der Waals surface area contributed by atoms with Crippen LogP contribution in [-0.2, 0) is 0 Å². The molecule has 0 aromatic carbocycles. The third-order valence-corrected chi connectivity index (χ3v) is 2.20. The minimum Gasteiger partial charge on any atom is -0.369 e. The molecule has 1 heterocycles. The van der Waals surface area contributed by atoms with E-state index in [1.807, 2.05) is 19.9 Å². The predicted molar refractivity (Wildman–Crippen MR) is 63.2 cm³/mol. The minimum absolute atomic E-state index is 0.844. The van der Waals surface area contributed by atoms with Crippen LogP contribution in [0.3, 0.4) is 0 Å².